The molecule has 2 N–H and O–H groups in total. The van der Waals surface area contributed by atoms with Crippen molar-refractivity contribution in [1.82, 2.24) is 19.7 Å². The lowest BCUT2D eigenvalue weighted by atomic mass is 10.3. The van der Waals surface area contributed by atoms with Gasteiger partial charge in [0.1, 0.15) is 5.69 Å². The highest BCUT2D eigenvalue weighted by atomic mass is 15.3. The second-order valence-electron chi connectivity index (χ2n) is 2.63. The van der Waals surface area contributed by atoms with E-state index in [1.165, 1.54) is 0 Å². The first-order valence-corrected chi connectivity index (χ1v) is 3.84. The van der Waals surface area contributed by atoms with Gasteiger partial charge in [0, 0.05) is 25.6 Å². The van der Waals surface area contributed by atoms with Gasteiger partial charge in [-0.3, -0.25) is 4.68 Å². The summed E-state index contributed by atoms with van der Waals surface area (Å²) >= 11 is 0. The molecule has 0 saturated carbocycles. The molecule has 2 heterocycles. The summed E-state index contributed by atoms with van der Waals surface area (Å²) in [6.07, 6.45) is 4.87. The van der Waals surface area contributed by atoms with Crippen LogP contribution in [0, 0.1) is 0 Å². The van der Waals surface area contributed by atoms with Gasteiger partial charge in [-0.1, -0.05) is 0 Å². The molecule has 0 bridgehead atoms. The molecular weight excluding hydrogens is 166 g/mol. The lowest BCUT2D eigenvalue weighted by Gasteiger charge is -2.02. The van der Waals surface area contributed by atoms with Crippen molar-refractivity contribution in [3.8, 4) is 11.4 Å². The van der Waals surface area contributed by atoms with E-state index in [-0.39, 0.29) is 0 Å². The van der Waals surface area contributed by atoms with E-state index in [0.717, 1.165) is 5.69 Å². The number of hydrogen-bond acceptors (Lipinski definition) is 4. The number of hydrogen-bond donors (Lipinski definition) is 1. The summed E-state index contributed by atoms with van der Waals surface area (Å²) in [5.74, 6) is 0.422. The Kier molecular flexibility index (Phi) is 1.70. The maximum absolute atomic E-state index is 5.67. The smallest absolute Gasteiger partial charge is 0.151 e. The lowest BCUT2D eigenvalue weighted by Crippen LogP contribution is -2.00. The Balaban J connectivity index is 2.59. The van der Waals surface area contributed by atoms with E-state index in [1.54, 1.807) is 23.3 Å². The molecule has 0 aromatic carbocycles. The van der Waals surface area contributed by atoms with Crippen LogP contribution in [0.25, 0.3) is 11.4 Å². The van der Waals surface area contributed by atoms with E-state index in [2.05, 4.69) is 15.1 Å². The first-order chi connectivity index (χ1) is 6.29. The van der Waals surface area contributed by atoms with Crippen LogP contribution in [-0.2, 0) is 7.05 Å². The molecule has 0 saturated heterocycles. The van der Waals surface area contributed by atoms with Crippen LogP contribution in [0.2, 0.25) is 0 Å². The van der Waals surface area contributed by atoms with Gasteiger partial charge in [0.05, 0.1) is 5.69 Å². The Hall–Kier alpha value is -1.91. The number of nitrogens with two attached hydrogens (primary N) is 1. The van der Waals surface area contributed by atoms with Gasteiger partial charge in [-0.25, -0.2) is 9.97 Å². The summed E-state index contributed by atoms with van der Waals surface area (Å²) in [5.41, 5.74) is 7.20. The van der Waals surface area contributed by atoms with Gasteiger partial charge in [-0.05, 0) is 6.07 Å². The van der Waals surface area contributed by atoms with Crippen molar-refractivity contribution < 1.29 is 0 Å². The van der Waals surface area contributed by atoms with Gasteiger partial charge in [-0.2, -0.15) is 5.10 Å². The summed E-state index contributed by atoms with van der Waals surface area (Å²) < 4.78 is 1.71. The average Bonchev–Trinajstić information content (AvgIpc) is 2.52. The molecule has 0 atom stereocenters. The zero-order chi connectivity index (χ0) is 9.26. The number of aromatic nitrogens is 4. The molecule has 0 amide bonds. The molecule has 0 radical (unpaired) electrons. The van der Waals surface area contributed by atoms with Gasteiger partial charge in [0.25, 0.3) is 0 Å². The van der Waals surface area contributed by atoms with E-state index >= 15 is 0 Å². The zero-order valence-electron chi connectivity index (χ0n) is 7.18. The maximum Gasteiger partial charge on any atom is 0.151 e. The van der Waals surface area contributed by atoms with Crippen molar-refractivity contribution in [2.24, 2.45) is 7.05 Å². The molecule has 0 fully saturated rings. The van der Waals surface area contributed by atoms with Gasteiger partial charge >= 0.3 is 0 Å². The first kappa shape index (κ1) is 7.72. The summed E-state index contributed by atoms with van der Waals surface area (Å²) in [7, 11) is 1.84. The molecule has 66 valence electrons. The summed E-state index contributed by atoms with van der Waals surface area (Å²) in [5, 5.41) is 4.03. The number of aryl methyl sites for hydroxylation is 1. The number of anilines is 1. The highest BCUT2D eigenvalue weighted by Gasteiger charge is 2.07. The molecule has 5 nitrogen and oxygen atoms in total. The monoisotopic (exact) mass is 175 g/mol. The Morgan fingerprint density at radius 1 is 1.23 bits per heavy atom. The molecule has 0 aliphatic carbocycles. The number of rotatable bonds is 1. The van der Waals surface area contributed by atoms with Crippen molar-refractivity contribution >= 4 is 5.82 Å². The maximum atomic E-state index is 5.67. The Labute approximate surface area is 75.2 Å². The summed E-state index contributed by atoms with van der Waals surface area (Å²) in [6, 6.07) is 1.85. The van der Waals surface area contributed by atoms with Crippen LogP contribution in [0.1, 0.15) is 0 Å². The molecule has 2 aromatic heterocycles. The van der Waals surface area contributed by atoms with Crippen LogP contribution in [0.4, 0.5) is 5.82 Å². The summed E-state index contributed by atoms with van der Waals surface area (Å²) in [6.45, 7) is 0. The fraction of sp³-hybridized carbons (Fsp3) is 0.125. The van der Waals surface area contributed by atoms with Crippen LogP contribution in [-0.4, -0.2) is 19.7 Å². The van der Waals surface area contributed by atoms with Crippen LogP contribution in [0.3, 0.4) is 0 Å². The van der Waals surface area contributed by atoms with Crippen LogP contribution >= 0.6 is 0 Å². The predicted molar refractivity (Wildman–Crippen MR) is 48.6 cm³/mol. The van der Waals surface area contributed by atoms with Crippen LogP contribution < -0.4 is 5.73 Å². The normalized spacial score (nSPS) is 10.2. The van der Waals surface area contributed by atoms with Crippen molar-refractivity contribution in [3.63, 3.8) is 0 Å². The third kappa shape index (κ3) is 1.24. The third-order valence-electron chi connectivity index (χ3n) is 1.79. The van der Waals surface area contributed by atoms with E-state index in [9.17, 15) is 0 Å². The van der Waals surface area contributed by atoms with Gasteiger partial charge < -0.3 is 5.73 Å². The molecule has 2 aromatic rings. The van der Waals surface area contributed by atoms with Crippen molar-refractivity contribution in [2.45, 2.75) is 0 Å². The number of nitrogen functional groups attached to an aromatic ring is 1. The minimum absolute atomic E-state index is 0.422. The third-order valence-corrected chi connectivity index (χ3v) is 1.79. The molecular formula is C8H9N5. The van der Waals surface area contributed by atoms with Crippen molar-refractivity contribution in [2.75, 3.05) is 5.73 Å². The molecule has 5 heteroatoms. The fourth-order valence-corrected chi connectivity index (χ4v) is 1.15. The molecule has 2 rings (SSSR count). The topological polar surface area (TPSA) is 69.6 Å². The van der Waals surface area contributed by atoms with Crippen LogP contribution in [0.15, 0.2) is 24.7 Å². The van der Waals surface area contributed by atoms with Crippen molar-refractivity contribution in [1.29, 1.82) is 0 Å². The highest BCUT2D eigenvalue weighted by molar-refractivity contribution is 5.65. The van der Waals surface area contributed by atoms with Crippen molar-refractivity contribution in [3.05, 3.63) is 24.7 Å². The van der Waals surface area contributed by atoms with E-state index in [4.69, 9.17) is 5.73 Å². The van der Waals surface area contributed by atoms with Gasteiger partial charge in [0.15, 0.2) is 5.82 Å². The molecule has 0 unspecified atom stereocenters. The van der Waals surface area contributed by atoms with Gasteiger partial charge in [-0.15, -0.1) is 0 Å². The molecule has 13 heavy (non-hydrogen) atoms. The Morgan fingerprint density at radius 3 is 2.62 bits per heavy atom. The SMILES string of the molecule is Cn1nccc1-c1nccnc1N. The fourth-order valence-electron chi connectivity index (χ4n) is 1.15. The largest absolute Gasteiger partial charge is 0.382 e. The van der Waals surface area contributed by atoms with Gasteiger partial charge in [0.2, 0.25) is 0 Å². The Morgan fingerprint density at radius 2 is 2.00 bits per heavy atom. The zero-order valence-corrected chi connectivity index (χ0v) is 7.18. The summed E-state index contributed by atoms with van der Waals surface area (Å²) in [4.78, 5) is 8.08. The molecule has 0 aliphatic rings. The minimum Gasteiger partial charge on any atom is -0.382 e. The lowest BCUT2D eigenvalue weighted by molar-refractivity contribution is 0.773. The predicted octanol–water partition coefficient (Wildman–Crippen LogP) is 0.459. The first-order valence-electron chi connectivity index (χ1n) is 3.84. The highest BCUT2D eigenvalue weighted by Crippen LogP contribution is 2.19. The minimum atomic E-state index is 0.422. The Bertz CT molecular complexity index is 420. The molecule has 0 spiro atoms. The number of nitrogens with zero attached hydrogens (tertiary/aromatic N) is 4. The van der Waals surface area contributed by atoms with E-state index in [0.29, 0.717) is 11.5 Å². The second-order valence-corrected chi connectivity index (χ2v) is 2.63. The quantitative estimate of drug-likeness (QED) is 0.683. The average molecular weight is 175 g/mol. The second kappa shape index (κ2) is 2.85. The van der Waals surface area contributed by atoms with E-state index < -0.39 is 0 Å². The molecule has 0 aliphatic heterocycles. The van der Waals surface area contributed by atoms with Crippen LogP contribution in [0.5, 0.6) is 0 Å². The van der Waals surface area contributed by atoms with E-state index in [1.807, 2.05) is 13.1 Å². The standard InChI is InChI=1S/C8H9N5/c1-13-6(2-3-12-13)7-8(9)11-5-4-10-7/h2-5H,1H3,(H2,9,11).